The summed E-state index contributed by atoms with van der Waals surface area (Å²) in [5, 5.41) is 6.92. The molecule has 10 heteroatoms. The Labute approximate surface area is 189 Å². The van der Waals surface area contributed by atoms with Crippen LogP contribution in [0.25, 0.3) is 0 Å². The van der Waals surface area contributed by atoms with Gasteiger partial charge < -0.3 is 19.6 Å². The van der Waals surface area contributed by atoms with Gasteiger partial charge in [-0.15, -0.1) is 0 Å². The summed E-state index contributed by atoms with van der Waals surface area (Å²) >= 11 is 0. The summed E-state index contributed by atoms with van der Waals surface area (Å²) in [5.41, 5.74) is 2.66. The van der Waals surface area contributed by atoms with Gasteiger partial charge >= 0.3 is 0 Å². The molecular formula is C23H22FN5O4. The molecule has 1 aliphatic heterocycles. The molecule has 4 rings (SSSR count). The first-order chi connectivity index (χ1) is 16.0. The van der Waals surface area contributed by atoms with Crippen molar-refractivity contribution in [2.24, 2.45) is 5.16 Å². The van der Waals surface area contributed by atoms with Gasteiger partial charge in [0.25, 0.3) is 5.91 Å². The summed E-state index contributed by atoms with van der Waals surface area (Å²) in [6.07, 6.45) is 0.0589. The van der Waals surface area contributed by atoms with Crippen molar-refractivity contribution >= 4 is 11.6 Å². The lowest BCUT2D eigenvalue weighted by Crippen LogP contribution is -2.25. The number of hydrogen-bond acceptors (Lipinski definition) is 8. The molecule has 1 aliphatic rings. The van der Waals surface area contributed by atoms with Crippen molar-refractivity contribution in [3.05, 3.63) is 76.8 Å². The number of pyridine rings is 1. The first-order valence-electron chi connectivity index (χ1n) is 10.2. The number of hydrogen-bond donors (Lipinski definition) is 1. The Morgan fingerprint density at radius 1 is 1.15 bits per heavy atom. The Morgan fingerprint density at radius 2 is 2.00 bits per heavy atom. The van der Waals surface area contributed by atoms with E-state index < -0.39 is 11.7 Å². The molecule has 0 fully saturated rings. The van der Waals surface area contributed by atoms with Gasteiger partial charge in [0.1, 0.15) is 17.2 Å². The molecule has 0 saturated carbocycles. The van der Waals surface area contributed by atoms with E-state index in [-0.39, 0.29) is 24.1 Å². The van der Waals surface area contributed by atoms with Crippen LogP contribution in [0.3, 0.4) is 0 Å². The summed E-state index contributed by atoms with van der Waals surface area (Å²) in [6, 6.07) is 11.4. The third kappa shape index (κ3) is 5.05. The zero-order valence-electron chi connectivity index (χ0n) is 18.3. The zero-order valence-corrected chi connectivity index (χ0v) is 18.3. The maximum absolute atomic E-state index is 13.6. The first-order valence-corrected chi connectivity index (χ1v) is 10.2. The van der Waals surface area contributed by atoms with Crippen molar-refractivity contribution in [3.8, 4) is 11.6 Å². The molecule has 0 bridgehead atoms. The maximum atomic E-state index is 13.6. The number of halogens is 1. The van der Waals surface area contributed by atoms with Crippen LogP contribution in [0.1, 0.15) is 45.8 Å². The molecule has 9 nitrogen and oxygen atoms in total. The van der Waals surface area contributed by atoms with Crippen molar-refractivity contribution in [1.29, 1.82) is 0 Å². The summed E-state index contributed by atoms with van der Waals surface area (Å²) in [5.74, 6) is 0.161. The number of nitrogens with zero attached hydrogens (tertiary/aromatic N) is 4. The summed E-state index contributed by atoms with van der Waals surface area (Å²) < 4.78 is 23.7. The fourth-order valence-electron chi connectivity index (χ4n) is 3.33. The average Bonchev–Trinajstić information content (AvgIpc) is 3.33. The quantitative estimate of drug-likeness (QED) is 0.588. The van der Waals surface area contributed by atoms with E-state index in [0.29, 0.717) is 40.8 Å². The van der Waals surface area contributed by atoms with Gasteiger partial charge in [-0.1, -0.05) is 17.3 Å². The number of benzene rings is 1. The highest BCUT2D eigenvalue weighted by Gasteiger charge is 2.27. The SMILES string of the molecule is COc1cccc(C2CC(c3cc(C(=O)NCc4ccc(F)c(OC)c4)nc(C)n3)=NO2)n1. The second kappa shape index (κ2) is 9.60. The number of carbonyl (C=O) groups excluding carboxylic acids is 1. The topological polar surface area (TPSA) is 108 Å². The molecule has 0 aliphatic carbocycles. The second-order valence-electron chi connectivity index (χ2n) is 7.28. The molecule has 0 radical (unpaired) electrons. The third-order valence-corrected chi connectivity index (χ3v) is 4.99. The Bertz CT molecular complexity index is 1220. The predicted molar refractivity (Wildman–Crippen MR) is 117 cm³/mol. The molecule has 1 atom stereocenters. The standard InChI is InChI=1S/C23H22FN5O4/c1-13-26-17(18-11-21(33-29-18)16-5-4-6-22(28-16)32-3)10-19(27-13)23(30)25-12-14-7-8-15(24)20(9-14)31-2/h4-10,21H,11-12H2,1-3H3,(H,25,30). The Morgan fingerprint density at radius 3 is 2.79 bits per heavy atom. The molecule has 3 aromatic rings. The van der Waals surface area contributed by atoms with Crippen molar-refractivity contribution in [2.75, 3.05) is 14.2 Å². The molecule has 2 aromatic heterocycles. The Hall–Kier alpha value is -4.08. The van der Waals surface area contributed by atoms with Gasteiger partial charge in [0.15, 0.2) is 17.7 Å². The predicted octanol–water partition coefficient (Wildman–Crippen LogP) is 3.13. The van der Waals surface area contributed by atoms with E-state index in [4.69, 9.17) is 14.3 Å². The number of aromatic nitrogens is 3. The highest BCUT2D eigenvalue weighted by atomic mass is 19.1. The number of amides is 1. The number of methoxy groups -OCH3 is 2. The molecule has 1 aromatic carbocycles. The largest absolute Gasteiger partial charge is 0.494 e. The molecule has 0 saturated heterocycles. The van der Waals surface area contributed by atoms with Gasteiger partial charge in [0, 0.05) is 19.0 Å². The average molecular weight is 451 g/mol. The van der Waals surface area contributed by atoms with Crippen LogP contribution < -0.4 is 14.8 Å². The van der Waals surface area contributed by atoms with Crippen LogP contribution in [0.5, 0.6) is 11.6 Å². The molecule has 1 amide bonds. The second-order valence-corrected chi connectivity index (χ2v) is 7.28. The summed E-state index contributed by atoms with van der Waals surface area (Å²) in [6.45, 7) is 1.88. The lowest BCUT2D eigenvalue weighted by atomic mass is 10.1. The van der Waals surface area contributed by atoms with Crippen molar-refractivity contribution in [2.45, 2.75) is 26.0 Å². The lowest BCUT2D eigenvalue weighted by Gasteiger charge is -2.09. The van der Waals surface area contributed by atoms with Crippen LogP contribution in [-0.2, 0) is 11.4 Å². The van der Waals surface area contributed by atoms with E-state index >= 15 is 0 Å². The minimum Gasteiger partial charge on any atom is -0.494 e. The molecule has 170 valence electrons. The minimum absolute atomic E-state index is 0.112. The van der Waals surface area contributed by atoms with E-state index in [1.165, 1.54) is 19.2 Å². The van der Waals surface area contributed by atoms with E-state index in [0.717, 1.165) is 0 Å². The van der Waals surface area contributed by atoms with E-state index in [9.17, 15) is 9.18 Å². The number of oxime groups is 1. The van der Waals surface area contributed by atoms with E-state index in [1.807, 2.05) is 12.1 Å². The van der Waals surface area contributed by atoms with Gasteiger partial charge in [0.05, 0.1) is 25.6 Å². The molecule has 1 unspecified atom stereocenters. The molecule has 1 N–H and O–H groups in total. The third-order valence-electron chi connectivity index (χ3n) is 4.99. The van der Waals surface area contributed by atoms with E-state index in [2.05, 4.69) is 25.4 Å². The van der Waals surface area contributed by atoms with Crippen molar-refractivity contribution in [3.63, 3.8) is 0 Å². The van der Waals surface area contributed by atoms with Crippen LogP contribution in [0.15, 0.2) is 47.6 Å². The maximum Gasteiger partial charge on any atom is 0.270 e. The van der Waals surface area contributed by atoms with Crippen LogP contribution in [0, 0.1) is 12.7 Å². The highest BCUT2D eigenvalue weighted by molar-refractivity contribution is 6.02. The number of rotatable bonds is 7. The van der Waals surface area contributed by atoms with Gasteiger partial charge in [0.2, 0.25) is 5.88 Å². The fourth-order valence-corrected chi connectivity index (χ4v) is 3.33. The van der Waals surface area contributed by atoms with E-state index in [1.54, 1.807) is 32.2 Å². The zero-order chi connectivity index (χ0) is 23.4. The van der Waals surface area contributed by atoms with Crippen molar-refractivity contribution in [1.82, 2.24) is 20.3 Å². The van der Waals surface area contributed by atoms with Gasteiger partial charge in [-0.25, -0.2) is 19.3 Å². The lowest BCUT2D eigenvalue weighted by molar-refractivity contribution is 0.0821. The molecular weight excluding hydrogens is 429 g/mol. The summed E-state index contributed by atoms with van der Waals surface area (Å²) in [4.78, 5) is 31.3. The highest BCUT2D eigenvalue weighted by Crippen LogP contribution is 2.29. The number of carbonyl (C=O) groups is 1. The van der Waals surface area contributed by atoms with Crippen LogP contribution >= 0.6 is 0 Å². The van der Waals surface area contributed by atoms with Crippen LogP contribution in [-0.4, -0.2) is 40.8 Å². The van der Waals surface area contributed by atoms with Crippen LogP contribution in [0.2, 0.25) is 0 Å². The molecule has 0 spiro atoms. The fraction of sp³-hybridized carbons (Fsp3) is 0.261. The number of ether oxygens (including phenoxy) is 2. The van der Waals surface area contributed by atoms with Crippen molar-refractivity contribution < 1.29 is 23.5 Å². The Balaban J connectivity index is 1.46. The summed E-state index contributed by atoms with van der Waals surface area (Å²) in [7, 11) is 2.93. The van der Waals surface area contributed by atoms with Gasteiger partial charge in [-0.2, -0.15) is 0 Å². The normalized spacial score (nSPS) is 14.9. The molecule has 3 heterocycles. The molecule has 33 heavy (non-hydrogen) atoms. The van der Waals surface area contributed by atoms with Gasteiger partial charge in [-0.3, -0.25) is 4.79 Å². The monoisotopic (exact) mass is 451 g/mol. The van der Waals surface area contributed by atoms with Crippen LogP contribution in [0.4, 0.5) is 4.39 Å². The Kier molecular flexibility index (Phi) is 6.43. The van der Waals surface area contributed by atoms with Gasteiger partial charge in [-0.05, 0) is 36.8 Å². The number of aryl methyl sites for hydroxylation is 1. The smallest absolute Gasteiger partial charge is 0.270 e. The minimum atomic E-state index is -0.467. The number of nitrogens with one attached hydrogen (secondary N) is 1. The first kappa shape index (κ1) is 22.1.